The summed E-state index contributed by atoms with van der Waals surface area (Å²) in [6.07, 6.45) is 5.09. The molecule has 0 aliphatic carbocycles. The standard InChI is InChI=1S/C29H30FN3O4S/c1-35-11-9-31-16-21-2-4-24(33-17-21)28-15-25-29(38-28)27(6-8-32-25)37-26-5-3-19(14-23(26)30)12-22(34)13-20-7-10-36-18-20/h2-6,8,14-15,17,20,31H,7,9-13,16,18H2,1H3/t20-/m1/s1. The highest BCUT2D eigenvalue weighted by Gasteiger charge is 2.20. The fourth-order valence-electron chi connectivity index (χ4n) is 4.42. The highest BCUT2D eigenvalue weighted by Crippen LogP contribution is 2.39. The van der Waals surface area contributed by atoms with E-state index >= 15 is 0 Å². The predicted molar refractivity (Wildman–Crippen MR) is 145 cm³/mol. The van der Waals surface area contributed by atoms with E-state index in [1.54, 1.807) is 31.5 Å². The number of halogens is 1. The predicted octanol–water partition coefficient (Wildman–Crippen LogP) is 5.56. The molecule has 7 nitrogen and oxygen atoms in total. The summed E-state index contributed by atoms with van der Waals surface area (Å²) in [4.78, 5) is 22.4. The highest BCUT2D eigenvalue weighted by atomic mass is 32.1. The number of Topliss-reactive ketones (excluding diaryl/α,β-unsaturated/α-hetero) is 1. The molecule has 4 heterocycles. The van der Waals surface area contributed by atoms with Crippen molar-refractivity contribution in [3.8, 4) is 22.1 Å². The minimum absolute atomic E-state index is 0.0968. The molecular formula is C29H30FN3O4S. The lowest BCUT2D eigenvalue weighted by atomic mass is 9.98. The summed E-state index contributed by atoms with van der Waals surface area (Å²) < 4.78 is 32.1. The molecule has 4 aromatic rings. The van der Waals surface area contributed by atoms with Crippen molar-refractivity contribution in [2.75, 3.05) is 33.5 Å². The fourth-order valence-corrected chi connectivity index (χ4v) is 5.47. The van der Waals surface area contributed by atoms with Crippen molar-refractivity contribution in [1.29, 1.82) is 0 Å². The number of hydrogen-bond acceptors (Lipinski definition) is 8. The van der Waals surface area contributed by atoms with Gasteiger partial charge >= 0.3 is 0 Å². The number of aromatic nitrogens is 2. The molecule has 1 aliphatic heterocycles. The van der Waals surface area contributed by atoms with E-state index in [0.717, 1.165) is 45.9 Å². The van der Waals surface area contributed by atoms with Crippen LogP contribution in [0.25, 0.3) is 20.8 Å². The Morgan fingerprint density at radius 1 is 1.16 bits per heavy atom. The third-order valence-corrected chi connectivity index (χ3v) is 7.58. The van der Waals surface area contributed by atoms with E-state index in [9.17, 15) is 9.18 Å². The summed E-state index contributed by atoms with van der Waals surface area (Å²) >= 11 is 1.50. The zero-order valence-electron chi connectivity index (χ0n) is 21.2. The molecule has 0 bridgehead atoms. The maximum atomic E-state index is 14.9. The van der Waals surface area contributed by atoms with Gasteiger partial charge in [-0.2, -0.15) is 0 Å². The smallest absolute Gasteiger partial charge is 0.166 e. The summed E-state index contributed by atoms with van der Waals surface area (Å²) in [7, 11) is 1.68. The van der Waals surface area contributed by atoms with Crippen molar-refractivity contribution in [2.24, 2.45) is 5.92 Å². The van der Waals surface area contributed by atoms with Gasteiger partial charge in [-0.3, -0.25) is 14.8 Å². The molecular weight excluding hydrogens is 505 g/mol. The van der Waals surface area contributed by atoms with Gasteiger partial charge in [-0.05, 0) is 47.7 Å². The van der Waals surface area contributed by atoms with Crippen molar-refractivity contribution < 1.29 is 23.4 Å². The topological polar surface area (TPSA) is 82.6 Å². The van der Waals surface area contributed by atoms with Gasteiger partial charge in [-0.1, -0.05) is 12.1 Å². The number of thiophene rings is 1. The minimum atomic E-state index is -0.502. The van der Waals surface area contributed by atoms with Crippen LogP contribution in [0.4, 0.5) is 4.39 Å². The number of ether oxygens (including phenoxy) is 3. The van der Waals surface area contributed by atoms with Crippen molar-refractivity contribution in [1.82, 2.24) is 15.3 Å². The average molecular weight is 536 g/mol. The molecule has 1 N–H and O–H groups in total. The van der Waals surface area contributed by atoms with E-state index in [-0.39, 0.29) is 23.9 Å². The molecule has 3 aromatic heterocycles. The number of nitrogens with one attached hydrogen (secondary N) is 1. The second-order valence-electron chi connectivity index (χ2n) is 9.37. The van der Waals surface area contributed by atoms with E-state index in [1.165, 1.54) is 17.4 Å². The Kier molecular flexibility index (Phi) is 8.70. The zero-order chi connectivity index (χ0) is 26.3. The van der Waals surface area contributed by atoms with E-state index < -0.39 is 5.82 Å². The number of pyridine rings is 2. The molecule has 0 saturated carbocycles. The molecule has 38 heavy (non-hydrogen) atoms. The quantitative estimate of drug-likeness (QED) is 0.238. The normalized spacial score (nSPS) is 15.3. The minimum Gasteiger partial charge on any atom is -0.453 e. The number of methoxy groups -OCH3 is 1. The van der Waals surface area contributed by atoms with Gasteiger partial charge in [-0.15, -0.1) is 11.3 Å². The summed E-state index contributed by atoms with van der Waals surface area (Å²) in [6.45, 7) is 3.50. The van der Waals surface area contributed by atoms with Crippen LogP contribution >= 0.6 is 11.3 Å². The van der Waals surface area contributed by atoms with Crippen LogP contribution in [0.2, 0.25) is 0 Å². The average Bonchev–Trinajstić information content (AvgIpc) is 3.59. The molecule has 1 aromatic carbocycles. The van der Waals surface area contributed by atoms with E-state index in [2.05, 4.69) is 15.3 Å². The Labute approximate surface area is 225 Å². The molecule has 198 valence electrons. The molecule has 9 heteroatoms. The first kappa shape index (κ1) is 26.4. The van der Waals surface area contributed by atoms with Crippen LogP contribution in [0, 0.1) is 11.7 Å². The molecule has 1 fully saturated rings. The first-order valence-electron chi connectivity index (χ1n) is 12.7. The maximum absolute atomic E-state index is 14.9. The van der Waals surface area contributed by atoms with Gasteiger partial charge in [0.2, 0.25) is 0 Å². The van der Waals surface area contributed by atoms with Crippen molar-refractivity contribution in [3.63, 3.8) is 0 Å². The third kappa shape index (κ3) is 6.60. The van der Waals surface area contributed by atoms with Crippen molar-refractivity contribution >= 4 is 27.3 Å². The number of benzene rings is 1. The zero-order valence-corrected chi connectivity index (χ0v) is 22.1. The van der Waals surface area contributed by atoms with Gasteiger partial charge in [0.15, 0.2) is 11.6 Å². The summed E-state index contributed by atoms with van der Waals surface area (Å²) in [5, 5.41) is 3.30. The van der Waals surface area contributed by atoms with Crippen LogP contribution in [0.1, 0.15) is 24.0 Å². The van der Waals surface area contributed by atoms with Crippen LogP contribution < -0.4 is 10.1 Å². The summed E-state index contributed by atoms with van der Waals surface area (Å²) in [6, 6.07) is 12.4. The molecule has 0 radical (unpaired) electrons. The first-order chi connectivity index (χ1) is 18.6. The third-order valence-electron chi connectivity index (χ3n) is 6.42. The molecule has 1 aliphatic rings. The van der Waals surface area contributed by atoms with Gasteiger partial charge in [0.1, 0.15) is 11.5 Å². The van der Waals surface area contributed by atoms with Gasteiger partial charge < -0.3 is 19.5 Å². The van der Waals surface area contributed by atoms with Gasteiger partial charge in [0.25, 0.3) is 0 Å². The number of carbonyl (C=O) groups excluding carboxylic acids is 1. The first-order valence-corrected chi connectivity index (χ1v) is 13.5. The van der Waals surface area contributed by atoms with Crippen LogP contribution in [0.5, 0.6) is 11.5 Å². The van der Waals surface area contributed by atoms with Gasteiger partial charge in [-0.25, -0.2) is 4.39 Å². The van der Waals surface area contributed by atoms with Gasteiger partial charge in [0.05, 0.1) is 27.4 Å². The Morgan fingerprint density at radius 2 is 2.05 bits per heavy atom. The fraction of sp³-hybridized carbons (Fsp3) is 0.345. The molecule has 0 unspecified atom stereocenters. The van der Waals surface area contributed by atoms with Crippen LogP contribution in [-0.2, 0) is 27.2 Å². The van der Waals surface area contributed by atoms with Crippen LogP contribution in [-0.4, -0.2) is 49.2 Å². The second kappa shape index (κ2) is 12.5. The Hall–Kier alpha value is -3.24. The summed E-state index contributed by atoms with van der Waals surface area (Å²) in [5.74, 6) is 0.499. The molecule has 1 atom stereocenters. The number of carbonyl (C=O) groups is 1. The largest absolute Gasteiger partial charge is 0.453 e. The van der Waals surface area contributed by atoms with Crippen LogP contribution in [0.3, 0.4) is 0 Å². The van der Waals surface area contributed by atoms with Crippen LogP contribution in [0.15, 0.2) is 54.9 Å². The maximum Gasteiger partial charge on any atom is 0.166 e. The number of fused-ring (bicyclic) bond motifs is 1. The molecule has 0 amide bonds. The number of ketones is 1. The lowest BCUT2D eigenvalue weighted by molar-refractivity contribution is -0.119. The lowest BCUT2D eigenvalue weighted by Gasteiger charge is -2.10. The number of hydrogen-bond donors (Lipinski definition) is 1. The molecule has 5 rings (SSSR count). The van der Waals surface area contributed by atoms with E-state index in [0.29, 0.717) is 37.6 Å². The Morgan fingerprint density at radius 3 is 2.82 bits per heavy atom. The monoisotopic (exact) mass is 535 g/mol. The lowest BCUT2D eigenvalue weighted by Crippen LogP contribution is -2.18. The van der Waals surface area contributed by atoms with Crippen molar-refractivity contribution in [2.45, 2.75) is 25.8 Å². The molecule has 0 spiro atoms. The highest BCUT2D eigenvalue weighted by molar-refractivity contribution is 7.22. The number of nitrogens with zero attached hydrogens (tertiary/aromatic N) is 2. The number of rotatable bonds is 12. The van der Waals surface area contributed by atoms with Crippen molar-refractivity contribution in [3.05, 3.63) is 71.8 Å². The Bertz CT molecular complexity index is 1390. The van der Waals surface area contributed by atoms with E-state index in [4.69, 9.17) is 14.2 Å². The SMILES string of the molecule is COCCNCc1ccc(-c2cc3nccc(Oc4ccc(CC(=O)C[C@H]5CCOC5)cc4F)c3s2)nc1. The molecule has 1 saturated heterocycles. The summed E-state index contributed by atoms with van der Waals surface area (Å²) in [5.41, 5.74) is 3.32. The van der Waals surface area contributed by atoms with Gasteiger partial charge in [0, 0.05) is 64.7 Å². The van der Waals surface area contributed by atoms with E-state index in [1.807, 2.05) is 24.4 Å². The Balaban J connectivity index is 1.26. The second-order valence-corrected chi connectivity index (χ2v) is 10.4.